The summed E-state index contributed by atoms with van der Waals surface area (Å²) in [6.07, 6.45) is 22.1. The molecule has 0 spiro atoms. The van der Waals surface area contributed by atoms with Crippen molar-refractivity contribution in [2.24, 2.45) is 5.92 Å². The first-order valence-electron chi connectivity index (χ1n) is 10.8. The minimum Gasteiger partial charge on any atom is -0.480 e. The van der Waals surface area contributed by atoms with E-state index in [9.17, 15) is 9.59 Å². The molecule has 27 heavy (non-hydrogen) atoms. The van der Waals surface area contributed by atoms with Crippen molar-refractivity contribution in [3.8, 4) is 0 Å². The van der Waals surface area contributed by atoms with Crippen LogP contribution in [0.15, 0.2) is 24.3 Å². The highest BCUT2D eigenvalue weighted by Crippen LogP contribution is 2.09. The third-order valence-corrected chi connectivity index (χ3v) is 4.60. The van der Waals surface area contributed by atoms with E-state index in [4.69, 9.17) is 5.11 Å². The smallest absolute Gasteiger partial charge is 0.326 e. The maximum Gasteiger partial charge on any atom is 0.326 e. The summed E-state index contributed by atoms with van der Waals surface area (Å²) in [5.41, 5.74) is 0. The highest BCUT2D eigenvalue weighted by Gasteiger charge is 2.22. The fourth-order valence-electron chi connectivity index (χ4n) is 2.86. The molecule has 156 valence electrons. The molecule has 4 heteroatoms. The van der Waals surface area contributed by atoms with Gasteiger partial charge in [-0.1, -0.05) is 77.2 Å². The van der Waals surface area contributed by atoms with Gasteiger partial charge in [-0.05, 0) is 44.4 Å². The van der Waals surface area contributed by atoms with Gasteiger partial charge in [0.05, 0.1) is 0 Å². The van der Waals surface area contributed by atoms with Crippen molar-refractivity contribution in [1.82, 2.24) is 5.32 Å². The lowest BCUT2D eigenvalue weighted by molar-refractivity contribution is -0.143. The molecule has 1 amide bonds. The molecule has 1 atom stereocenters. The van der Waals surface area contributed by atoms with E-state index in [-0.39, 0.29) is 11.8 Å². The number of unbranched alkanes of at least 4 members (excludes halogenated alkanes) is 8. The molecule has 4 nitrogen and oxygen atoms in total. The fourth-order valence-corrected chi connectivity index (χ4v) is 2.86. The summed E-state index contributed by atoms with van der Waals surface area (Å²) in [6, 6.07) is -0.782. The van der Waals surface area contributed by atoms with Gasteiger partial charge in [0.2, 0.25) is 5.91 Å². The number of nitrogens with one attached hydrogen (secondary N) is 1. The van der Waals surface area contributed by atoms with Gasteiger partial charge in [0.25, 0.3) is 0 Å². The molecule has 0 fully saturated rings. The largest absolute Gasteiger partial charge is 0.480 e. The lowest BCUT2D eigenvalue weighted by Gasteiger charge is -2.17. The van der Waals surface area contributed by atoms with Crippen LogP contribution >= 0.6 is 0 Å². The molecule has 0 heterocycles. The van der Waals surface area contributed by atoms with Crippen molar-refractivity contribution in [3.05, 3.63) is 24.3 Å². The van der Waals surface area contributed by atoms with Crippen molar-refractivity contribution in [1.29, 1.82) is 0 Å². The standard InChI is InChI=1S/C23H41NO3/c1-4-5-6-7-8-9-10-11-12-13-14-15-16-17-18-19-21(25)24-22(20(2)3)23(26)27/h8-9,11-12,20,22H,4-7,10,13-19H2,1-3H3,(H,24,25)(H,26,27). The van der Waals surface area contributed by atoms with Crippen LogP contribution in [0.2, 0.25) is 0 Å². The first-order chi connectivity index (χ1) is 13.0. The molecule has 0 aromatic rings. The topological polar surface area (TPSA) is 66.4 Å². The molecule has 0 aliphatic rings. The highest BCUT2D eigenvalue weighted by atomic mass is 16.4. The van der Waals surface area contributed by atoms with Crippen molar-refractivity contribution in [2.45, 2.75) is 104 Å². The summed E-state index contributed by atoms with van der Waals surface area (Å²) in [4.78, 5) is 22.9. The molecule has 1 unspecified atom stereocenters. The van der Waals surface area contributed by atoms with E-state index in [0.29, 0.717) is 6.42 Å². The van der Waals surface area contributed by atoms with Crippen molar-refractivity contribution >= 4 is 11.9 Å². The minimum atomic E-state index is -0.960. The molecule has 0 aromatic carbocycles. The molecule has 0 bridgehead atoms. The van der Waals surface area contributed by atoms with Crippen LogP contribution in [0.3, 0.4) is 0 Å². The Hall–Kier alpha value is -1.58. The number of carbonyl (C=O) groups excluding carboxylic acids is 1. The molecule has 0 rings (SSSR count). The molecular weight excluding hydrogens is 338 g/mol. The normalized spacial score (nSPS) is 12.9. The predicted molar refractivity (Wildman–Crippen MR) is 114 cm³/mol. The van der Waals surface area contributed by atoms with Gasteiger partial charge in [-0.25, -0.2) is 4.79 Å². The summed E-state index contributed by atoms with van der Waals surface area (Å²) in [5, 5.41) is 11.7. The van der Waals surface area contributed by atoms with E-state index < -0.39 is 12.0 Å². The second kappa shape index (κ2) is 17.8. The van der Waals surface area contributed by atoms with Crippen LogP contribution in [0, 0.1) is 5.92 Å². The Morgan fingerprint density at radius 1 is 0.852 bits per heavy atom. The first kappa shape index (κ1) is 25.4. The highest BCUT2D eigenvalue weighted by molar-refractivity contribution is 5.83. The predicted octanol–water partition coefficient (Wildman–Crippen LogP) is 6.03. The summed E-state index contributed by atoms with van der Waals surface area (Å²) < 4.78 is 0. The van der Waals surface area contributed by atoms with Gasteiger partial charge >= 0.3 is 5.97 Å². The Kier molecular flexibility index (Phi) is 16.8. The summed E-state index contributed by atoms with van der Waals surface area (Å²) in [5.74, 6) is -1.21. The van der Waals surface area contributed by atoms with Crippen LogP contribution in [-0.2, 0) is 9.59 Å². The van der Waals surface area contributed by atoms with E-state index in [1.807, 2.05) is 0 Å². The van der Waals surface area contributed by atoms with Gasteiger partial charge in [-0.2, -0.15) is 0 Å². The van der Waals surface area contributed by atoms with Crippen LogP contribution in [0.1, 0.15) is 97.8 Å². The number of aliphatic carboxylic acids is 1. The van der Waals surface area contributed by atoms with E-state index in [1.54, 1.807) is 13.8 Å². The second-order valence-corrected chi connectivity index (χ2v) is 7.61. The zero-order valence-corrected chi connectivity index (χ0v) is 17.7. The van der Waals surface area contributed by atoms with Crippen LogP contribution in [0.5, 0.6) is 0 Å². The molecule has 0 saturated heterocycles. The molecule has 0 aromatic heterocycles. The zero-order valence-electron chi connectivity index (χ0n) is 17.7. The van der Waals surface area contributed by atoms with Crippen LogP contribution in [0.4, 0.5) is 0 Å². The summed E-state index contributed by atoms with van der Waals surface area (Å²) in [6.45, 7) is 5.84. The Balaban J connectivity index is 3.52. The average Bonchev–Trinajstić information content (AvgIpc) is 2.62. The Bertz CT molecular complexity index is 441. The number of amides is 1. The first-order valence-corrected chi connectivity index (χ1v) is 10.8. The molecular formula is C23H41NO3. The Morgan fingerprint density at radius 3 is 1.96 bits per heavy atom. The molecule has 0 aliphatic heterocycles. The van der Waals surface area contributed by atoms with Crippen molar-refractivity contribution < 1.29 is 14.7 Å². The van der Waals surface area contributed by atoms with E-state index in [0.717, 1.165) is 32.1 Å². The van der Waals surface area contributed by atoms with Gasteiger partial charge in [0.15, 0.2) is 0 Å². The quantitative estimate of drug-likeness (QED) is 0.240. The minimum absolute atomic E-state index is 0.101. The number of carboxylic acids is 1. The number of carboxylic acid groups (broad SMARTS) is 1. The van der Waals surface area contributed by atoms with Gasteiger partial charge in [-0.3, -0.25) is 4.79 Å². The Labute approximate surface area is 166 Å². The summed E-state index contributed by atoms with van der Waals surface area (Å²) >= 11 is 0. The van der Waals surface area contributed by atoms with Crippen molar-refractivity contribution in [2.75, 3.05) is 0 Å². The maximum absolute atomic E-state index is 11.8. The van der Waals surface area contributed by atoms with Crippen LogP contribution < -0.4 is 5.32 Å². The number of hydrogen-bond acceptors (Lipinski definition) is 2. The van der Waals surface area contributed by atoms with Crippen molar-refractivity contribution in [3.63, 3.8) is 0 Å². The third-order valence-electron chi connectivity index (χ3n) is 4.60. The lowest BCUT2D eigenvalue weighted by atomic mass is 10.0. The molecule has 2 N–H and O–H groups in total. The molecule has 0 aliphatic carbocycles. The lowest BCUT2D eigenvalue weighted by Crippen LogP contribution is -2.44. The van der Waals surface area contributed by atoms with Gasteiger partial charge in [0, 0.05) is 6.42 Å². The average molecular weight is 380 g/mol. The number of allylic oxidation sites excluding steroid dienone is 4. The summed E-state index contributed by atoms with van der Waals surface area (Å²) in [7, 11) is 0. The van der Waals surface area contributed by atoms with E-state index >= 15 is 0 Å². The van der Waals surface area contributed by atoms with Crippen LogP contribution in [0.25, 0.3) is 0 Å². The monoisotopic (exact) mass is 379 g/mol. The molecule has 0 saturated carbocycles. The fraction of sp³-hybridized carbons (Fsp3) is 0.739. The second-order valence-electron chi connectivity index (χ2n) is 7.61. The van der Waals surface area contributed by atoms with Gasteiger partial charge in [0.1, 0.15) is 6.04 Å². The van der Waals surface area contributed by atoms with E-state index in [1.165, 1.54) is 38.5 Å². The van der Waals surface area contributed by atoms with Gasteiger partial charge in [-0.15, -0.1) is 0 Å². The number of rotatable bonds is 17. The SMILES string of the molecule is CCCCCC=CCC=CCCCCCCCC(=O)NC(C(=O)O)C(C)C. The van der Waals surface area contributed by atoms with Crippen LogP contribution in [-0.4, -0.2) is 23.0 Å². The third kappa shape index (κ3) is 16.3. The zero-order chi connectivity index (χ0) is 20.3. The Morgan fingerprint density at radius 2 is 1.41 bits per heavy atom. The maximum atomic E-state index is 11.8. The number of carbonyl (C=O) groups is 2. The van der Waals surface area contributed by atoms with E-state index in [2.05, 4.69) is 36.5 Å². The molecule has 0 radical (unpaired) electrons. The number of hydrogen-bond donors (Lipinski definition) is 2. The van der Waals surface area contributed by atoms with Gasteiger partial charge < -0.3 is 10.4 Å².